The lowest BCUT2D eigenvalue weighted by atomic mass is 10.2. The third kappa shape index (κ3) is 2.71. The van der Waals surface area contributed by atoms with Crippen molar-refractivity contribution in [3.05, 3.63) is 57.6 Å². The smallest absolute Gasteiger partial charge is 0.0862 e. The second-order valence-electron chi connectivity index (χ2n) is 4.24. The molecule has 0 bridgehead atoms. The highest BCUT2D eigenvalue weighted by molar-refractivity contribution is 9.10. The minimum absolute atomic E-state index is 0.741. The van der Waals surface area contributed by atoms with Crippen LogP contribution in [-0.2, 0) is 0 Å². The van der Waals surface area contributed by atoms with Crippen LogP contribution in [0, 0.1) is 0 Å². The first kappa shape index (κ1) is 13.9. The second-order valence-corrected chi connectivity index (χ2v) is 7.09. The van der Waals surface area contributed by atoms with Gasteiger partial charge in [0.05, 0.1) is 5.52 Å². The van der Waals surface area contributed by atoms with Crippen LogP contribution in [0.2, 0.25) is 0 Å². The minimum Gasteiger partial charge on any atom is -0.398 e. The SMILES string of the molecule is Nc1ccc(Sc2ccccc2Br)c2ncc(Br)cc12. The van der Waals surface area contributed by atoms with Crippen LogP contribution in [0.3, 0.4) is 0 Å². The molecule has 5 heteroatoms. The van der Waals surface area contributed by atoms with Gasteiger partial charge >= 0.3 is 0 Å². The van der Waals surface area contributed by atoms with E-state index in [1.54, 1.807) is 18.0 Å². The molecule has 0 saturated carbocycles. The van der Waals surface area contributed by atoms with E-state index in [2.05, 4.69) is 42.9 Å². The Kier molecular flexibility index (Phi) is 4.01. The monoisotopic (exact) mass is 408 g/mol. The summed E-state index contributed by atoms with van der Waals surface area (Å²) in [6.45, 7) is 0. The van der Waals surface area contributed by atoms with E-state index in [1.165, 1.54) is 0 Å². The predicted octanol–water partition coefficient (Wildman–Crippen LogP) is 5.49. The van der Waals surface area contributed by atoms with E-state index in [1.807, 2.05) is 36.4 Å². The average Bonchev–Trinajstić information content (AvgIpc) is 2.44. The zero-order valence-electron chi connectivity index (χ0n) is 10.3. The molecule has 2 nitrogen and oxygen atoms in total. The highest BCUT2D eigenvalue weighted by Gasteiger charge is 2.09. The fraction of sp³-hybridized carbons (Fsp3) is 0. The van der Waals surface area contributed by atoms with E-state index in [-0.39, 0.29) is 0 Å². The summed E-state index contributed by atoms with van der Waals surface area (Å²) in [7, 11) is 0. The number of fused-ring (bicyclic) bond motifs is 1. The molecule has 2 N–H and O–H groups in total. The van der Waals surface area contributed by atoms with Crippen molar-refractivity contribution < 1.29 is 0 Å². The molecule has 0 fully saturated rings. The van der Waals surface area contributed by atoms with Crippen molar-refractivity contribution in [2.24, 2.45) is 0 Å². The molecule has 0 amide bonds. The van der Waals surface area contributed by atoms with Gasteiger partial charge in [-0.2, -0.15) is 0 Å². The highest BCUT2D eigenvalue weighted by Crippen LogP contribution is 2.38. The Balaban J connectivity index is 2.13. The van der Waals surface area contributed by atoms with Crippen LogP contribution in [0.4, 0.5) is 5.69 Å². The van der Waals surface area contributed by atoms with E-state index in [0.717, 1.165) is 35.3 Å². The van der Waals surface area contributed by atoms with Crippen molar-refractivity contribution in [2.75, 3.05) is 5.73 Å². The Morgan fingerprint density at radius 3 is 2.60 bits per heavy atom. The van der Waals surface area contributed by atoms with Gasteiger partial charge in [-0.25, -0.2) is 0 Å². The Labute approximate surface area is 138 Å². The number of benzene rings is 2. The van der Waals surface area contributed by atoms with Gasteiger partial charge in [0.2, 0.25) is 0 Å². The third-order valence-electron chi connectivity index (χ3n) is 2.87. The van der Waals surface area contributed by atoms with Crippen molar-refractivity contribution in [3.8, 4) is 0 Å². The van der Waals surface area contributed by atoms with Crippen LogP contribution in [0.1, 0.15) is 0 Å². The summed E-state index contributed by atoms with van der Waals surface area (Å²) >= 11 is 8.69. The van der Waals surface area contributed by atoms with Crippen LogP contribution in [0.25, 0.3) is 10.9 Å². The van der Waals surface area contributed by atoms with Crippen molar-refractivity contribution in [1.82, 2.24) is 4.98 Å². The van der Waals surface area contributed by atoms with Crippen LogP contribution in [-0.4, -0.2) is 4.98 Å². The van der Waals surface area contributed by atoms with Crippen molar-refractivity contribution >= 4 is 60.2 Å². The lowest BCUT2D eigenvalue weighted by Gasteiger charge is -2.09. The molecule has 3 aromatic rings. The predicted molar refractivity (Wildman–Crippen MR) is 92.1 cm³/mol. The number of hydrogen-bond acceptors (Lipinski definition) is 3. The normalized spacial score (nSPS) is 10.9. The molecule has 0 unspecified atom stereocenters. The van der Waals surface area contributed by atoms with Crippen LogP contribution in [0.5, 0.6) is 0 Å². The molecule has 0 atom stereocenters. The van der Waals surface area contributed by atoms with E-state index in [4.69, 9.17) is 5.73 Å². The van der Waals surface area contributed by atoms with Gasteiger partial charge in [0, 0.05) is 36.0 Å². The molecule has 20 heavy (non-hydrogen) atoms. The summed E-state index contributed by atoms with van der Waals surface area (Å²) in [5.41, 5.74) is 7.70. The topological polar surface area (TPSA) is 38.9 Å². The fourth-order valence-corrected chi connectivity index (χ4v) is 3.72. The quantitative estimate of drug-likeness (QED) is 0.568. The number of rotatable bonds is 2. The summed E-state index contributed by atoms with van der Waals surface area (Å²) in [4.78, 5) is 6.75. The van der Waals surface area contributed by atoms with E-state index >= 15 is 0 Å². The first-order valence-electron chi connectivity index (χ1n) is 5.91. The number of hydrogen-bond donors (Lipinski definition) is 1. The van der Waals surface area contributed by atoms with Gasteiger partial charge < -0.3 is 5.73 Å². The number of nitrogens with two attached hydrogens (primary N) is 1. The van der Waals surface area contributed by atoms with Crippen molar-refractivity contribution in [2.45, 2.75) is 9.79 Å². The maximum absolute atomic E-state index is 6.04. The molecule has 0 aliphatic heterocycles. The fourth-order valence-electron chi connectivity index (χ4n) is 1.92. The Bertz CT molecular complexity index is 790. The number of nitrogens with zero attached hydrogens (tertiary/aromatic N) is 1. The summed E-state index contributed by atoms with van der Waals surface area (Å²) < 4.78 is 2.01. The maximum atomic E-state index is 6.04. The molecule has 0 saturated heterocycles. The Hall–Kier alpha value is -1.04. The molecule has 3 rings (SSSR count). The van der Waals surface area contributed by atoms with E-state index in [0.29, 0.717) is 0 Å². The zero-order chi connectivity index (χ0) is 14.1. The van der Waals surface area contributed by atoms with Crippen LogP contribution in [0.15, 0.2) is 67.4 Å². The van der Waals surface area contributed by atoms with Gasteiger partial charge in [0.1, 0.15) is 0 Å². The molecule has 1 aromatic heterocycles. The Morgan fingerprint density at radius 2 is 1.80 bits per heavy atom. The molecule has 2 aromatic carbocycles. The minimum atomic E-state index is 0.741. The zero-order valence-corrected chi connectivity index (χ0v) is 14.3. The van der Waals surface area contributed by atoms with Gasteiger partial charge in [-0.3, -0.25) is 4.98 Å². The first-order chi connectivity index (χ1) is 9.65. The summed E-state index contributed by atoms with van der Waals surface area (Å²) in [6.07, 6.45) is 1.80. The largest absolute Gasteiger partial charge is 0.398 e. The molecular weight excluding hydrogens is 400 g/mol. The van der Waals surface area contributed by atoms with Gasteiger partial charge in [-0.1, -0.05) is 23.9 Å². The highest BCUT2D eigenvalue weighted by atomic mass is 79.9. The summed E-state index contributed by atoms with van der Waals surface area (Å²) in [5, 5.41) is 0.969. The molecule has 0 radical (unpaired) electrons. The lowest BCUT2D eigenvalue weighted by Crippen LogP contribution is -1.90. The van der Waals surface area contributed by atoms with Crippen LogP contribution < -0.4 is 5.73 Å². The molecular formula is C15H10Br2N2S. The van der Waals surface area contributed by atoms with Crippen molar-refractivity contribution in [1.29, 1.82) is 0 Å². The van der Waals surface area contributed by atoms with Gasteiger partial charge in [0.15, 0.2) is 0 Å². The van der Waals surface area contributed by atoms with E-state index in [9.17, 15) is 0 Å². The standard InChI is InChI=1S/C15H10Br2N2S/c16-9-7-10-12(18)5-6-14(15(10)19-8-9)20-13-4-2-1-3-11(13)17/h1-8H,18H2. The van der Waals surface area contributed by atoms with Gasteiger partial charge in [-0.15, -0.1) is 0 Å². The molecule has 100 valence electrons. The number of anilines is 1. The third-order valence-corrected chi connectivity index (χ3v) is 5.38. The second kappa shape index (κ2) is 5.76. The first-order valence-corrected chi connectivity index (χ1v) is 8.31. The van der Waals surface area contributed by atoms with E-state index < -0.39 is 0 Å². The summed E-state index contributed by atoms with van der Waals surface area (Å²) in [6, 6.07) is 14.1. The molecule has 1 heterocycles. The molecule has 0 aliphatic carbocycles. The molecule has 0 aliphatic rings. The summed E-state index contributed by atoms with van der Waals surface area (Å²) in [5.74, 6) is 0. The van der Waals surface area contributed by atoms with Crippen molar-refractivity contribution in [3.63, 3.8) is 0 Å². The van der Waals surface area contributed by atoms with Gasteiger partial charge in [0.25, 0.3) is 0 Å². The number of halogens is 2. The van der Waals surface area contributed by atoms with Gasteiger partial charge in [-0.05, 0) is 62.2 Å². The van der Waals surface area contributed by atoms with Crippen LogP contribution >= 0.6 is 43.6 Å². The maximum Gasteiger partial charge on any atom is 0.0862 e. The molecule has 0 spiro atoms. The number of pyridine rings is 1. The number of aromatic nitrogens is 1. The average molecular weight is 410 g/mol. The number of nitrogen functional groups attached to an aromatic ring is 1. The Morgan fingerprint density at radius 1 is 1.00 bits per heavy atom. The lowest BCUT2D eigenvalue weighted by molar-refractivity contribution is 1.32.